The van der Waals surface area contributed by atoms with Crippen molar-refractivity contribution in [3.05, 3.63) is 12.4 Å². The highest BCUT2D eigenvalue weighted by atomic mass is 16.5. The zero-order valence-electron chi connectivity index (χ0n) is 11.7. The van der Waals surface area contributed by atoms with E-state index in [1.807, 2.05) is 6.20 Å². The molecule has 0 aromatic carbocycles. The molecule has 1 N–H and O–H groups in total. The van der Waals surface area contributed by atoms with Crippen molar-refractivity contribution in [3.8, 4) is 0 Å². The smallest absolute Gasteiger partial charge is 0.202 e. The number of aromatic nitrogens is 2. The second kappa shape index (κ2) is 6.42. The molecule has 2 fully saturated rings. The molecule has 1 saturated carbocycles. The first-order valence-electron chi connectivity index (χ1n) is 7.81. The number of nitrogens with one attached hydrogen (secondary N) is 1. The van der Waals surface area contributed by atoms with E-state index >= 15 is 0 Å². The van der Waals surface area contributed by atoms with Crippen LogP contribution in [0.4, 0.5) is 5.95 Å². The van der Waals surface area contributed by atoms with Crippen LogP contribution in [0.15, 0.2) is 12.4 Å². The van der Waals surface area contributed by atoms with Crippen molar-refractivity contribution in [2.45, 2.75) is 70.1 Å². The van der Waals surface area contributed by atoms with Crippen molar-refractivity contribution < 1.29 is 4.74 Å². The highest BCUT2D eigenvalue weighted by molar-refractivity contribution is 5.27. The molecule has 4 nitrogen and oxygen atoms in total. The molecule has 4 heteroatoms. The second-order valence-corrected chi connectivity index (χ2v) is 5.85. The third-order valence-electron chi connectivity index (χ3n) is 4.37. The van der Waals surface area contributed by atoms with Crippen LogP contribution in [0, 0.1) is 0 Å². The van der Waals surface area contributed by atoms with Crippen LogP contribution in [0.25, 0.3) is 0 Å². The van der Waals surface area contributed by atoms with Gasteiger partial charge in [-0.15, -0.1) is 0 Å². The predicted octanol–water partition coefficient (Wildman–Crippen LogP) is 3.20. The van der Waals surface area contributed by atoms with Crippen molar-refractivity contribution >= 4 is 5.95 Å². The van der Waals surface area contributed by atoms with Gasteiger partial charge in [0.15, 0.2) is 0 Å². The zero-order valence-corrected chi connectivity index (χ0v) is 11.7. The van der Waals surface area contributed by atoms with E-state index in [0.717, 1.165) is 25.5 Å². The molecule has 106 valence electrons. The quantitative estimate of drug-likeness (QED) is 0.886. The Labute approximate surface area is 115 Å². The summed E-state index contributed by atoms with van der Waals surface area (Å²) in [6, 6.07) is 0.623. The first-order chi connectivity index (χ1) is 9.42. The molecular weight excluding hydrogens is 238 g/mol. The summed E-state index contributed by atoms with van der Waals surface area (Å²) < 4.78 is 7.93. The lowest BCUT2D eigenvalue weighted by atomic mass is 9.96. The van der Waals surface area contributed by atoms with Crippen molar-refractivity contribution in [2.24, 2.45) is 0 Å². The summed E-state index contributed by atoms with van der Waals surface area (Å²) in [7, 11) is 0. The topological polar surface area (TPSA) is 39.1 Å². The molecular formula is C15H25N3O. The minimum atomic E-state index is 0.463. The van der Waals surface area contributed by atoms with Gasteiger partial charge in [0.05, 0.1) is 6.10 Å². The van der Waals surface area contributed by atoms with Crippen molar-refractivity contribution in [1.82, 2.24) is 9.55 Å². The number of anilines is 1. The molecule has 0 radical (unpaired) electrons. The van der Waals surface area contributed by atoms with Gasteiger partial charge in [0, 0.05) is 31.6 Å². The first kappa shape index (κ1) is 13.0. The number of hydrogen-bond acceptors (Lipinski definition) is 3. The van der Waals surface area contributed by atoms with Crippen LogP contribution >= 0.6 is 0 Å². The van der Waals surface area contributed by atoms with Crippen LogP contribution in [0.5, 0.6) is 0 Å². The maximum atomic E-state index is 5.69. The van der Waals surface area contributed by atoms with Gasteiger partial charge in [-0.2, -0.15) is 0 Å². The Balaban J connectivity index is 1.52. The van der Waals surface area contributed by atoms with Gasteiger partial charge in [-0.25, -0.2) is 4.98 Å². The van der Waals surface area contributed by atoms with E-state index in [2.05, 4.69) is 21.1 Å². The Morgan fingerprint density at radius 1 is 1.21 bits per heavy atom. The SMILES string of the molecule is c1cn(CCC2CCCO2)c(NC2CCCCC2)n1. The minimum Gasteiger partial charge on any atom is -0.378 e. The molecule has 0 spiro atoms. The molecule has 3 rings (SSSR count). The van der Waals surface area contributed by atoms with Crippen LogP contribution < -0.4 is 5.32 Å². The van der Waals surface area contributed by atoms with E-state index in [1.165, 1.54) is 44.9 Å². The molecule has 0 bridgehead atoms. The molecule has 1 aromatic heterocycles. The highest BCUT2D eigenvalue weighted by Gasteiger charge is 2.17. The Hall–Kier alpha value is -1.03. The van der Waals surface area contributed by atoms with E-state index in [-0.39, 0.29) is 0 Å². The lowest BCUT2D eigenvalue weighted by molar-refractivity contribution is 0.100. The summed E-state index contributed by atoms with van der Waals surface area (Å²) in [5.74, 6) is 1.05. The first-order valence-corrected chi connectivity index (χ1v) is 7.81. The number of hydrogen-bond donors (Lipinski definition) is 1. The van der Waals surface area contributed by atoms with Gasteiger partial charge in [0.2, 0.25) is 5.95 Å². The predicted molar refractivity (Wildman–Crippen MR) is 76.3 cm³/mol. The van der Waals surface area contributed by atoms with Crippen LogP contribution in [0.1, 0.15) is 51.4 Å². The molecule has 1 unspecified atom stereocenters. The van der Waals surface area contributed by atoms with Crippen LogP contribution in [-0.4, -0.2) is 28.3 Å². The summed E-state index contributed by atoms with van der Waals surface area (Å²) >= 11 is 0. The molecule has 0 amide bonds. The van der Waals surface area contributed by atoms with Gasteiger partial charge < -0.3 is 14.6 Å². The zero-order chi connectivity index (χ0) is 12.9. The Bertz CT molecular complexity index is 378. The van der Waals surface area contributed by atoms with Gasteiger partial charge in [-0.05, 0) is 32.1 Å². The highest BCUT2D eigenvalue weighted by Crippen LogP contribution is 2.22. The van der Waals surface area contributed by atoms with Crippen molar-refractivity contribution in [3.63, 3.8) is 0 Å². The van der Waals surface area contributed by atoms with Crippen molar-refractivity contribution in [1.29, 1.82) is 0 Å². The van der Waals surface area contributed by atoms with Gasteiger partial charge in [-0.3, -0.25) is 0 Å². The van der Waals surface area contributed by atoms with E-state index < -0.39 is 0 Å². The maximum absolute atomic E-state index is 5.69. The molecule has 1 aromatic rings. The molecule has 2 heterocycles. The number of ether oxygens (including phenoxy) is 1. The fourth-order valence-corrected chi connectivity index (χ4v) is 3.21. The molecule has 1 aliphatic heterocycles. The lowest BCUT2D eigenvalue weighted by Crippen LogP contribution is -2.24. The number of imidazole rings is 1. The standard InChI is InChI=1S/C15H25N3O/c1-2-5-13(6-3-1)17-15-16-9-11-18(15)10-8-14-7-4-12-19-14/h9,11,13-14H,1-8,10,12H2,(H,16,17). The number of nitrogens with zero attached hydrogens (tertiary/aromatic N) is 2. The van der Waals surface area contributed by atoms with E-state index in [0.29, 0.717) is 12.1 Å². The minimum absolute atomic E-state index is 0.463. The summed E-state index contributed by atoms with van der Waals surface area (Å²) in [5, 5.41) is 3.62. The Morgan fingerprint density at radius 3 is 2.89 bits per heavy atom. The molecule has 2 aliphatic rings. The molecule has 1 atom stereocenters. The van der Waals surface area contributed by atoms with Gasteiger partial charge >= 0.3 is 0 Å². The molecule has 1 aliphatic carbocycles. The van der Waals surface area contributed by atoms with Gasteiger partial charge in [0.25, 0.3) is 0 Å². The largest absolute Gasteiger partial charge is 0.378 e. The fraction of sp³-hybridized carbons (Fsp3) is 0.800. The third-order valence-corrected chi connectivity index (χ3v) is 4.37. The summed E-state index contributed by atoms with van der Waals surface area (Å²) in [6.45, 7) is 1.96. The van der Waals surface area contributed by atoms with E-state index in [1.54, 1.807) is 0 Å². The van der Waals surface area contributed by atoms with E-state index in [9.17, 15) is 0 Å². The van der Waals surface area contributed by atoms with Crippen LogP contribution in [-0.2, 0) is 11.3 Å². The average molecular weight is 263 g/mol. The maximum Gasteiger partial charge on any atom is 0.202 e. The summed E-state index contributed by atoms with van der Waals surface area (Å²) in [6.07, 6.45) is 14.7. The molecule has 19 heavy (non-hydrogen) atoms. The van der Waals surface area contributed by atoms with Crippen LogP contribution in [0.3, 0.4) is 0 Å². The fourth-order valence-electron chi connectivity index (χ4n) is 3.21. The summed E-state index contributed by atoms with van der Waals surface area (Å²) in [4.78, 5) is 4.47. The Morgan fingerprint density at radius 2 is 2.11 bits per heavy atom. The third kappa shape index (κ3) is 3.50. The van der Waals surface area contributed by atoms with Gasteiger partial charge in [0.1, 0.15) is 0 Å². The van der Waals surface area contributed by atoms with Crippen LogP contribution in [0.2, 0.25) is 0 Å². The number of aryl methyl sites for hydroxylation is 1. The summed E-state index contributed by atoms with van der Waals surface area (Å²) in [5.41, 5.74) is 0. The second-order valence-electron chi connectivity index (χ2n) is 5.85. The lowest BCUT2D eigenvalue weighted by Gasteiger charge is -2.23. The van der Waals surface area contributed by atoms with Crippen molar-refractivity contribution in [2.75, 3.05) is 11.9 Å². The average Bonchev–Trinajstić information content (AvgIpc) is 3.09. The normalized spacial score (nSPS) is 24.7. The Kier molecular flexibility index (Phi) is 4.38. The monoisotopic (exact) mass is 263 g/mol. The van der Waals surface area contributed by atoms with Gasteiger partial charge in [-0.1, -0.05) is 19.3 Å². The van der Waals surface area contributed by atoms with E-state index in [4.69, 9.17) is 4.74 Å². The molecule has 1 saturated heterocycles. The number of rotatable bonds is 5.